The van der Waals surface area contributed by atoms with Gasteiger partial charge in [0, 0.05) is 17.1 Å². The Morgan fingerprint density at radius 3 is 2.86 bits per heavy atom. The Balaban J connectivity index is 1.91. The molecule has 1 aliphatic rings. The number of carbonyl (C=O) groups is 1. The predicted octanol–water partition coefficient (Wildman–Crippen LogP) is 3.66. The lowest BCUT2D eigenvalue weighted by molar-refractivity contribution is -0.115. The highest BCUT2D eigenvalue weighted by molar-refractivity contribution is 8.00. The van der Waals surface area contributed by atoms with Gasteiger partial charge in [0.1, 0.15) is 4.83 Å². The van der Waals surface area contributed by atoms with E-state index < -0.39 is 0 Å². The maximum atomic E-state index is 11.3. The van der Waals surface area contributed by atoms with Crippen LogP contribution >= 0.6 is 34.9 Å². The van der Waals surface area contributed by atoms with Crippen LogP contribution in [-0.2, 0) is 22.6 Å². The second-order valence-corrected chi connectivity index (χ2v) is 10.2. The lowest BCUT2D eigenvalue weighted by Crippen LogP contribution is -2.33. The zero-order valence-corrected chi connectivity index (χ0v) is 18.6. The smallest absolute Gasteiger partial charge is 0.227 e. The monoisotopic (exact) mass is 437 g/mol. The first-order valence-corrected chi connectivity index (χ1v) is 12.1. The highest BCUT2D eigenvalue weighted by Gasteiger charge is 2.33. The Hall–Kier alpha value is -1.36. The molecule has 0 aromatic carbocycles. The molecule has 0 radical (unpaired) electrons. The fourth-order valence-electron chi connectivity index (χ4n) is 3.26. The van der Waals surface area contributed by atoms with Crippen molar-refractivity contribution in [2.24, 2.45) is 5.73 Å². The molecule has 7 nitrogen and oxygen atoms in total. The van der Waals surface area contributed by atoms with E-state index in [9.17, 15) is 4.79 Å². The van der Waals surface area contributed by atoms with Gasteiger partial charge in [-0.1, -0.05) is 37.4 Å². The molecule has 3 aromatic rings. The van der Waals surface area contributed by atoms with Crippen LogP contribution in [-0.4, -0.2) is 42.6 Å². The van der Waals surface area contributed by atoms with E-state index in [1.165, 1.54) is 22.2 Å². The lowest BCUT2D eigenvalue weighted by atomic mass is 9.90. The molecule has 2 N–H and O–H groups in total. The molecule has 1 aliphatic heterocycles. The summed E-state index contributed by atoms with van der Waals surface area (Å²) in [7, 11) is 0. The van der Waals surface area contributed by atoms with Gasteiger partial charge in [-0.25, -0.2) is 9.38 Å². The number of ether oxygens (including phenoxy) is 1. The number of aromatic nitrogens is 4. The van der Waals surface area contributed by atoms with Crippen LogP contribution in [0.4, 0.5) is 0 Å². The second-order valence-electron chi connectivity index (χ2n) is 7.09. The van der Waals surface area contributed by atoms with Crippen molar-refractivity contribution in [3.8, 4) is 0 Å². The fraction of sp³-hybridized carbons (Fsp3) is 0.556. The Bertz CT molecular complexity index is 1050. The number of hydrogen-bond donors (Lipinski definition) is 1. The molecule has 1 atom stereocenters. The van der Waals surface area contributed by atoms with E-state index >= 15 is 0 Å². The number of hydrogen-bond acceptors (Lipinski definition) is 8. The highest BCUT2D eigenvalue weighted by Crippen LogP contribution is 2.42. The van der Waals surface area contributed by atoms with Crippen LogP contribution in [0.2, 0.25) is 0 Å². The van der Waals surface area contributed by atoms with Crippen LogP contribution in [0.1, 0.15) is 44.1 Å². The van der Waals surface area contributed by atoms with Crippen molar-refractivity contribution in [2.75, 3.05) is 11.5 Å². The summed E-state index contributed by atoms with van der Waals surface area (Å²) in [6, 6.07) is 0. The molecular formula is C18H23N5O2S3. The van der Waals surface area contributed by atoms with Gasteiger partial charge in [-0.3, -0.25) is 4.79 Å². The molecule has 1 amide bonds. The van der Waals surface area contributed by atoms with Gasteiger partial charge in [-0.15, -0.1) is 21.5 Å². The minimum atomic E-state index is -0.373. The molecule has 3 aromatic heterocycles. The average molecular weight is 438 g/mol. The summed E-state index contributed by atoms with van der Waals surface area (Å²) in [6.45, 7) is 7.07. The summed E-state index contributed by atoms with van der Waals surface area (Å²) in [5.74, 6) is 0.746. The Labute approximate surface area is 175 Å². The second kappa shape index (κ2) is 7.81. The fourth-order valence-corrected chi connectivity index (χ4v) is 5.99. The van der Waals surface area contributed by atoms with Gasteiger partial charge in [-0.05, 0) is 25.3 Å². The molecule has 0 saturated carbocycles. The van der Waals surface area contributed by atoms with Gasteiger partial charge in [0.05, 0.1) is 23.3 Å². The number of primary amides is 1. The molecule has 10 heteroatoms. The van der Waals surface area contributed by atoms with Crippen LogP contribution in [0, 0.1) is 0 Å². The van der Waals surface area contributed by atoms with E-state index in [-0.39, 0.29) is 17.3 Å². The summed E-state index contributed by atoms with van der Waals surface area (Å²) in [5.41, 5.74) is 7.25. The van der Waals surface area contributed by atoms with Crippen molar-refractivity contribution >= 4 is 56.6 Å². The van der Waals surface area contributed by atoms with Gasteiger partial charge in [0.2, 0.25) is 5.91 Å². The summed E-state index contributed by atoms with van der Waals surface area (Å²) in [5, 5.41) is 11.5. The number of nitrogens with two attached hydrogens (primary N) is 1. The van der Waals surface area contributed by atoms with Crippen molar-refractivity contribution < 1.29 is 9.53 Å². The van der Waals surface area contributed by atoms with Crippen molar-refractivity contribution in [1.29, 1.82) is 0 Å². The van der Waals surface area contributed by atoms with Crippen molar-refractivity contribution in [3.63, 3.8) is 0 Å². The highest BCUT2D eigenvalue weighted by atomic mass is 32.2. The number of fused-ring (bicyclic) bond motifs is 5. The number of nitrogens with zero attached hydrogens (tertiary/aromatic N) is 4. The zero-order valence-electron chi connectivity index (χ0n) is 16.2. The maximum Gasteiger partial charge on any atom is 0.227 e. The molecule has 0 spiro atoms. The third-order valence-electron chi connectivity index (χ3n) is 4.95. The zero-order chi connectivity index (χ0) is 19.9. The van der Waals surface area contributed by atoms with Crippen LogP contribution in [0.3, 0.4) is 0 Å². The Morgan fingerprint density at radius 1 is 1.32 bits per heavy atom. The molecule has 4 heterocycles. The van der Waals surface area contributed by atoms with Crippen molar-refractivity contribution in [1.82, 2.24) is 19.6 Å². The van der Waals surface area contributed by atoms with Gasteiger partial charge in [0.25, 0.3) is 0 Å². The third kappa shape index (κ3) is 3.51. The summed E-state index contributed by atoms with van der Waals surface area (Å²) in [4.78, 5) is 18.4. The number of amides is 1. The molecule has 1 unspecified atom stereocenters. The largest absolute Gasteiger partial charge is 0.369 e. The standard InChI is InChI=1S/C18H23N5O2S3/c1-4-6-26-16-20-15-13(10-7-18(3,5-2)25-8-11(10)28-15)14-21-22-17(23(14)16)27-9-12(19)24/h4-9H2,1-3H3,(H2,19,24). The van der Waals surface area contributed by atoms with Gasteiger partial charge in [0.15, 0.2) is 16.0 Å². The van der Waals surface area contributed by atoms with Crippen LogP contribution in [0.5, 0.6) is 0 Å². The summed E-state index contributed by atoms with van der Waals surface area (Å²) in [6.07, 6.45) is 2.83. The van der Waals surface area contributed by atoms with Gasteiger partial charge >= 0.3 is 0 Å². The lowest BCUT2D eigenvalue weighted by Gasteiger charge is -2.33. The Kier molecular flexibility index (Phi) is 5.56. The number of carbonyl (C=O) groups excluding carboxylic acids is 1. The van der Waals surface area contributed by atoms with E-state index in [4.69, 9.17) is 15.5 Å². The first-order valence-electron chi connectivity index (χ1n) is 9.33. The quantitative estimate of drug-likeness (QED) is 0.445. The van der Waals surface area contributed by atoms with Crippen LogP contribution < -0.4 is 5.73 Å². The number of thioether (sulfide) groups is 2. The molecule has 0 aliphatic carbocycles. The molecule has 150 valence electrons. The minimum absolute atomic E-state index is 0.167. The molecule has 4 rings (SSSR count). The third-order valence-corrected chi connectivity index (χ3v) is 8.14. The van der Waals surface area contributed by atoms with Crippen LogP contribution in [0.15, 0.2) is 10.3 Å². The number of rotatable bonds is 7. The SMILES string of the molecule is CCCSc1nc2sc3c(c2c2nnc(SCC(N)=O)n12)CC(C)(CC)OC3. The predicted molar refractivity (Wildman–Crippen MR) is 114 cm³/mol. The molecule has 0 fully saturated rings. The van der Waals surface area contributed by atoms with Crippen molar-refractivity contribution in [3.05, 3.63) is 10.4 Å². The molecule has 0 saturated heterocycles. The van der Waals surface area contributed by atoms with E-state index in [1.54, 1.807) is 23.1 Å². The summed E-state index contributed by atoms with van der Waals surface area (Å²) < 4.78 is 8.12. The van der Waals surface area contributed by atoms with E-state index in [0.29, 0.717) is 11.8 Å². The molecular weight excluding hydrogens is 414 g/mol. The molecule has 28 heavy (non-hydrogen) atoms. The normalized spacial score (nSPS) is 19.4. The Morgan fingerprint density at radius 2 is 2.14 bits per heavy atom. The van der Waals surface area contributed by atoms with Gasteiger partial charge < -0.3 is 10.5 Å². The van der Waals surface area contributed by atoms with Crippen LogP contribution in [0.25, 0.3) is 15.9 Å². The van der Waals surface area contributed by atoms with Gasteiger partial charge in [-0.2, -0.15) is 0 Å². The van der Waals surface area contributed by atoms with E-state index in [2.05, 4.69) is 31.0 Å². The summed E-state index contributed by atoms with van der Waals surface area (Å²) >= 11 is 4.68. The first-order chi connectivity index (χ1) is 13.5. The number of thiophene rings is 1. The minimum Gasteiger partial charge on any atom is -0.369 e. The topological polar surface area (TPSA) is 95.4 Å². The maximum absolute atomic E-state index is 11.3. The van der Waals surface area contributed by atoms with Crippen molar-refractivity contribution in [2.45, 2.75) is 62.6 Å². The average Bonchev–Trinajstić information content (AvgIpc) is 3.25. The van der Waals surface area contributed by atoms with E-state index in [1.807, 2.05) is 4.40 Å². The molecule has 0 bridgehead atoms. The first kappa shape index (κ1) is 19.9. The van der Waals surface area contributed by atoms with E-state index in [0.717, 1.165) is 46.0 Å².